The van der Waals surface area contributed by atoms with Crippen molar-refractivity contribution in [2.24, 2.45) is 0 Å². The number of nitrogens with zero attached hydrogens (tertiary/aromatic N) is 1. The molecule has 1 aromatic rings. The Morgan fingerprint density at radius 3 is 2.61 bits per heavy atom. The van der Waals surface area contributed by atoms with Gasteiger partial charge in [0.1, 0.15) is 0 Å². The first-order valence-corrected chi connectivity index (χ1v) is 9.85. The molecule has 0 aliphatic carbocycles. The molecule has 1 amide bonds. The molecule has 100 valence electrons. The molecule has 2 unspecified atom stereocenters. The first kappa shape index (κ1) is 15.7. The van der Waals surface area contributed by atoms with Gasteiger partial charge in [0.25, 0.3) is 0 Å². The molecule has 0 bridgehead atoms. The Morgan fingerprint density at radius 2 is 2.11 bits per heavy atom. The molecule has 1 aromatic carbocycles. The lowest BCUT2D eigenvalue weighted by molar-refractivity contribution is -0.113. The molecule has 0 spiro atoms. The smallest absolute Gasteiger partial charge is 0.215 e. The average Bonchev–Trinajstić information content (AvgIpc) is 2.39. The lowest BCUT2D eigenvalue weighted by atomic mass is 10.2. The Morgan fingerprint density at radius 1 is 1.50 bits per heavy atom. The molecule has 0 aromatic heterocycles. The van der Waals surface area contributed by atoms with Gasteiger partial charge in [-0.25, -0.2) is 0 Å². The zero-order valence-electron chi connectivity index (χ0n) is 10.8. The number of amides is 1. The standard InChI is InChI=1S/C12H18NO2PS2/c1-4-15-16(17,13(3)10-14)18-11(2)12-8-6-5-7-9-12/h5-11H,4H2,1-3H3. The lowest BCUT2D eigenvalue weighted by Crippen LogP contribution is -2.13. The van der Waals surface area contributed by atoms with Gasteiger partial charge in [-0.3, -0.25) is 9.46 Å². The summed E-state index contributed by atoms with van der Waals surface area (Å²) in [5.74, 6) is 0. The van der Waals surface area contributed by atoms with Gasteiger partial charge in [-0.05, 0) is 31.2 Å². The maximum atomic E-state index is 10.9. The molecular weight excluding hydrogens is 285 g/mol. The Labute approximate surface area is 118 Å². The van der Waals surface area contributed by atoms with E-state index in [9.17, 15) is 4.79 Å². The Bertz CT molecular complexity index is 427. The number of carbonyl (C=O) groups excluding carboxylic acids is 1. The SMILES string of the molecule is CCOP(=S)(SC(C)c1ccccc1)N(C)C=O. The van der Waals surface area contributed by atoms with E-state index in [1.165, 1.54) is 10.2 Å². The van der Waals surface area contributed by atoms with Gasteiger partial charge in [0, 0.05) is 12.3 Å². The molecule has 0 aliphatic rings. The minimum absolute atomic E-state index is 0.200. The summed E-state index contributed by atoms with van der Waals surface area (Å²) < 4.78 is 7.15. The van der Waals surface area contributed by atoms with Crippen molar-refractivity contribution in [1.82, 2.24) is 4.67 Å². The van der Waals surface area contributed by atoms with E-state index < -0.39 is 5.62 Å². The van der Waals surface area contributed by atoms with Crippen molar-refractivity contribution in [3.05, 3.63) is 35.9 Å². The summed E-state index contributed by atoms with van der Waals surface area (Å²) in [6.45, 7) is 4.50. The van der Waals surface area contributed by atoms with Crippen molar-refractivity contribution >= 4 is 35.2 Å². The highest BCUT2D eigenvalue weighted by Crippen LogP contribution is 2.66. The summed E-state index contributed by atoms with van der Waals surface area (Å²) >= 11 is 7.10. The molecule has 0 saturated heterocycles. The third-order valence-electron chi connectivity index (χ3n) is 2.39. The van der Waals surface area contributed by atoms with Crippen LogP contribution in [0.15, 0.2) is 30.3 Å². The Balaban J connectivity index is 2.85. The van der Waals surface area contributed by atoms with Crippen LogP contribution in [-0.2, 0) is 21.1 Å². The first-order valence-electron chi connectivity index (χ1n) is 5.70. The van der Waals surface area contributed by atoms with Crippen LogP contribution >= 0.6 is 17.0 Å². The van der Waals surface area contributed by atoms with E-state index in [0.29, 0.717) is 6.61 Å². The molecule has 3 nitrogen and oxygen atoms in total. The number of hydrogen-bond donors (Lipinski definition) is 0. The summed E-state index contributed by atoms with van der Waals surface area (Å²) in [6, 6.07) is 10.1. The van der Waals surface area contributed by atoms with Gasteiger partial charge in [-0.2, -0.15) is 0 Å². The van der Waals surface area contributed by atoms with Crippen LogP contribution in [0.2, 0.25) is 0 Å². The van der Waals surface area contributed by atoms with Gasteiger partial charge in [0.15, 0.2) is 0 Å². The lowest BCUT2D eigenvalue weighted by Gasteiger charge is -2.29. The Hall–Kier alpha value is -0.350. The number of benzene rings is 1. The molecule has 0 saturated carbocycles. The molecule has 0 N–H and O–H groups in total. The van der Waals surface area contributed by atoms with Crippen molar-refractivity contribution in [2.75, 3.05) is 13.7 Å². The van der Waals surface area contributed by atoms with E-state index in [0.717, 1.165) is 6.41 Å². The van der Waals surface area contributed by atoms with Crippen LogP contribution in [0, 0.1) is 0 Å². The third-order valence-corrected chi connectivity index (χ3v) is 9.40. The van der Waals surface area contributed by atoms with Crippen molar-refractivity contribution in [3.63, 3.8) is 0 Å². The highest BCUT2D eigenvalue weighted by Gasteiger charge is 2.26. The minimum Gasteiger partial charge on any atom is -0.327 e. The van der Waals surface area contributed by atoms with Crippen molar-refractivity contribution < 1.29 is 9.32 Å². The maximum Gasteiger partial charge on any atom is 0.215 e. The monoisotopic (exact) mass is 303 g/mol. The fraction of sp³-hybridized carbons (Fsp3) is 0.417. The number of rotatable bonds is 7. The summed E-state index contributed by atoms with van der Waals surface area (Å²) in [7, 11) is 1.69. The van der Waals surface area contributed by atoms with Gasteiger partial charge in [-0.1, -0.05) is 41.7 Å². The Kier molecular flexibility index (Phi) is 6.36. The number of hydrogen-bond acceptors (Lipinski definition) is 4. The summed E-state index contributed by atoms with van der Waals surface area (Å²) in [5.41, 5.74) is -1.13. The first-order chi connectivity index (χ1) is 8.53. The average molecular weight is 303 g/mol. The van der Waals surface area contributed by atoms with Crippen LogP contribution in [-0.4, -0.2) is 24.7 Å². The maximum absolute atomic E-state index is 10.9. The van der Waals surface area contributed by atoms with Crippen LogP contribution in [0.25, 0.3) is 0 Å². The second-order valence-corrected chi connectivity index (χ2v) is 10.8. The molecule has 0 fully saturated rings. The molecule has 18 heavy (non-hydrogen) atoms. The van der Waals surface area contributed by atoms with Crippen LogP contribution in [0.4, 0.5) is 0 Å². The largest absolute Gasteiger partial charge is 0.327 e. The summed E-state index contributed by atoms with van der Waals surface area (Å²) in [4.78, 5) is 10.9. The van der Waals surface area contributed by atoms with Crippen LogP contribution < -0.4 is 0 Å². The van der Waals surface area contributed by atoms with E-state index in [1.807, 2.05) is 25.1 Å². The normalized spacial score (nSPS) is 15.7. The third kappa shape index (κ3) is 4.09. The van der Waals surface area contributed by atoms with Crippen molar-refractivity contribution in [2.45, 2.75) is 19.1 Å². The fourth-order valence-corrected chi connectivity index (χ4v) is 7.13. The quantitative estimate of drug-likeness (QED) is 0.565. The van der Waals surface area contributed by atoms with Crippen molar-refractivity contribution in [1.29, 1.82) is 0 Å². The molecule has 0 heterocycles. The summed E-state index contributed by atoms with van der Waals surface area (Å²) in [5, 5.41) is 0.200. The van der Waals surface area contributed by atoms with E-state index in [1.54, 1.807) is 18.4 Å². The van der Waals surface area contributed by atoms with E-state index >= 15 is 0 Å². The minimum atomic E-state index is -2.32. The van der Waals surface area contributed by atoms with Crippen LogP contribution in [0.5, 0.6) is 0 Å². The molecule has 0 radical (unpaired) electrons. The molecule has 0 aliphatic heterocycles. The van der Waals surface area contributed by atoms with Crippen LogP contribution in [0.3, 0.4) is 0 Å². The van der Waals surface area contributed by atoms with Gasteiger partial charge in [-0.15, -0.1) is 0 Å². The zero-order valence-corrected chi connectivity index (χ0v) is 13.3. The van der Waals surface area contributed by atoms with Gasteiger partial charge < -0.3 is 4.52 Å². The molecule has 6 heteroatoms. The second kappa shape index (κ2) is 7.29. The number of carbonyl (C=O) groups is 1. The fourth-order valence-electron chi connectivity index (χ4n) is 1.40. The summed E-state index contributed by atoms with van der Waals surface area (Å²) in [6.07, 6.45) is 0.751. The predicted octanol–water partition coefficient (Wildman–Crippen LogP) is 3.83. The molecular formula is C12H18NO2PS2. The second-order valence-electron chi connectivity index (χ2n) is 3.72. The van der Waals surface area contributed by atoms with E-state index in [2.05, 4.69) is 19.1 Å². The van der Waals surface area contributed by atoms with Gasteiger partial charge in [0.2, 0.25) is 12.0 Å². The predicted molar refractivity (Wildman–Crippen MR) is 82.2 cm³/mol. The highest BCUT2D eigenvalue weighted by atomic mass is 32.9. The van der Waals surface area contributed by atoms with Gasteiger partial charge >= 0.3 is 0 Å². The molecule has 1 rings (SSSR count). The van der Waals surface area contributed by atoms with Crippen molar-refractivity contribution in [3.8, 4) is 0 Å². The topological polar surface area (TPSA) is 29.5 Å². The van der Waals surface area contributed by atoms with Gasteiger partial charge in [0.05, 0.1) is 6.61 Å². The zero-order chi connectivity index (χ0) is 13.6. The highest BCUT2D eigenvalue weighted by molar-refractivity contribution is 8.68. The molecule has 2 atom stereocenters. The van der Waals surface area contributed by atoms with E-state index in [4.69, 9.17) is 16.3 Å². The van der Waals surface area contributed by atoms with Crippen LogP contribution in [0.1, 0.15) is 24.7 Å². The van der Waals surface area contributed by atoms with E-state index in [-0.39, 0.29) is 5.25 Å².